The molecule has 1 aliphatic rings. The van der Waals surface area contributed by atoms with Gasteiger partial charge in [0.25, 0.3) is 0 Å². The molecule has 1 saturated heterocycles. The van der Waals surface area contributed by atoms with Crippen LogP contribution in [0, 0.1) is 17.2 Å². The first-order valence-electron chi connectivity index (χ1n) is 8.68. The van der Waals surface area contributed by atoms with Gasteiger partial charge in [-0.1, -0.05) is 24.3 Å². The van der Waals surface area contributed by atoms with Crippen LogP contribution in [-0.4, -0.2) is 40.8 Å². The fourth-order valence-electron chi connectivity index (χ4n) is 3.03. The van der Waals surface area contributed by atoms with Crippen LogP contribution in [0.2, 0.25) is 0 Å². The fraction of sp³-hybridized carbons (Fsp3) is 0.350. The maximum atomic E-state index is 10.9. The summed E-state index contributed by atoms with van der Waals surface area (Å²) >= 11 is 0. The molecule has 2 heterocycles. The number of carbonyl (C=O) groups is 1. The number of benzene rings is 1. The number of nitriles is 1. The molecular formula is C20H21N3O3. The first-order chi connectivity index (χ1) is 12.7. The van der Waals surface area contributed by atoms with Crippen LogP contribution in [0.1, 0.15) is 18.4 Å². The number of hydrogen-bond acceptors (Lipinski definition) is 4. The van der Waals surface area contributed by atoms with Gasteiger partial charge in [0.15, 0.2) is 0 Å². The molecule has 0 aliphatic carbocycles. The monoisotopic (exact) mass is 351 g/mol. The molecule has 26 heavy (non-hydrogen) atoms. The van der Waals surface area contributed by atoms with Crippen LogP contribution in [0.3, 0.4) is 0 Å². The van der Waals surface area contributed by atoms with Crippen molar-refractivity contribution < 1.29 is 14.6 Å². The third-order valence-corrected chi connectivity index (χ3v) is 4.64. The quantitative estimate of drug-likeness (QED) is 0.890. The van der Waals surface area contributed by atoms with Gasteiger partial charge >= 0.3 is 6.09 Å². The van der Waals surface area contributed by atoms with E-state index in [9.17, 15) is 4.79 Å². The zero-order valence-corrected chi connectivity index (χ0v) is 14.5. The second-order valence-electron chi connectivity index (χ2n) is 6.43. The molecular weight excluding hydrogens is 330 g/mol. The lowest BCUT2D eigenvalue weighted by molar-refractivity contribution is 0.111. The van der Waals surface area contributed by atoms with Crippen LogP contribution in [0.4, 0.5) is 4.79 Å². The van der Waals surface area contributed by atoms with Gasteiger partial charge < -0.3 is 14.7 Å². The summed E-state index contributed by atoms with van der Waals surface area (Å²) in [5, 5.41) is 17.7. The molecule has 1 fully saturated rings. The average Bonchev–Trinajstić information content (AvgIpc) is 2.68. The van der Waals surface area contributed by atoms with Crippen molar-refractivity contribution in [1.29, 1.82) is 5.26 Å². The van der Waals surface area contributed by atoms with E-state index in [2.05, 4.69) is 11.1 Å². The van der Waals surface area contributed by atoms with Crippen molar-refractivity contribution in [2.24, 2.45) is 5.92 Å². The maximum Gasteiger partial charge on any atom is 0.407 e. The Balaban J connectivity index is 1.52. The molecule has 2 aromatic rings. The van der Waals surface area contributed by atoms with E-state index in [-0.39, 0.29) is 0 Å². The van der Waals surface area contributed by atoms with Gasteiger partial charge in [0, 0.05) is 18.7 Å². The lowest BCUT2D eigenvalue weighted by atomic mass is 9.98. The summed E-state index contributed by atoms with van der Waals surface area (Å²) in [5.41, 5.74) is 2.85. The molecule has 1 aromatic heterocycles. The van der Waals surface area contributed by atoms with Gasteiger partial charge in [-0.15, -0.1) is 0 Å². The van der Waals surface area contributed by atoms with Crippen LogP contribution in [0.25, 0.3) is 11.3 Å². The molecule has 1 amide bonds. The number of piperidine rings is 1. The zero-order chi connectivity index (χ0) is 18.4. The minimum Gasteiger partial charge on any atom is -0.492 e. The largest absolute Gasteiger partial charge is 0.492 e. The number of ether oxygens (including phenoxy) is 1. The van der Waals surface area contributed by atoms with Crippen LogP contribution in [0.15, 0.2) is 42.6 Å². The average molecular weight is 351 g/mol. The molecule has 3 rings (SSSR count). The van der Waals surface area contributed by atoms with Gasteiger partial charge in [-0.05, 0) is 36.5 Å². The summed E-state index contributed by atoms with van der Waals surface area (Å²) < 4.78 is 5.82. The Kier molecular flexibility index (Phi) is 5.69. The zero-order valence-electron chi connectivity index (χ0n) is 14.5. The summed E-state index contributed by atoms with van der Waals surface area (Å²) in [7, 11) is 0. The van der Waals surface area contributed by atoms with Crippen molar-refractivity contribution >= 4 is 6.09 Å². The number of pyridine rings is 1. The van der Waals surface area contributed by atoms with Gasteiger partial charge in [0.05, 0.1) is 31.0 Å². The Bertz CT molecular complexity index is 773. The third-order valence-electron chi connectivity index (χ3n) is 4.64. The van der Waals surface area contributed by atoms with E-state index in [1.165, 1.54) is 4.90 Å². The molecule has 134 valence electrons. The first kappa shape index (κ1) is 17.7. The molecule has 1 aliphatic heterocycles. The van der Waals surface area contributed by atoms with E-state index in [1.807, 2.05) is 36.4 Å². The van der Waals surface area contributed by atoms with Crippen LogP contribution in [0.5, 0.6) is 5.75 Å². The van der Waals surface area contributed by atoms with Crippen molar-refractivity contribution in [3.8, 4) is 23.1 Å². The number of aromatic nitrogens is 1. The smallest absolute Gasteiger partial charge is 0.407 e. The first-order valence-corrected chi connectivity index (χ1v) is 8.68. The minimum atomic E-state index is -0.843. The minimum absolute atomic E-state index is 0.373. The Morgan fingerprint density at radius 2 is 1.96 bits per heavy atom. The highest BCUT2D eigenvalue weighted by Crippen LogP contribution is 2.22. The number of nitrogens with zero attached hydrogens (tertiary/aromatic N) is 3. The van der Waals surface area contributed by atoms with Gasteiger partial charge in [-0.3, -0.25) is 4.98 Å². The highest BCUT2D eigenvalue weighted by atomic mass is 16.5. The molecule has 6 heteroatoms. The molecule has 0 spiro atoms. The lowest BCUT2D eigenvalue weighted by Crippen LogP contribution is -2.38. The predicted octanol–water partition coefficient (Wildman–Crippen LogP) is 3.58. The SMILES string of the molecule is N#CCc1ccc(-c2ccc(OCC3CCN(C(=O)O)CC3)cn2)cc1. The van der Waals surface area contributed by atoms with Crippen LogP contribution in [-0.2, 0) is 6.42 Å². The number of carboxylic acid groups (broad SMARTS) is 1. The number of hydrogen-bond donors (Lipinski definition) is 1. The standard InChI is InChI=1S/C20H21N3O3/c21-10-7-15-1-3-17(4-2-15)19-6-5-18(13-22-19)26-14-16-8-11-23(12-9-16)20(24)25/h1-6,13,16H,7-9,11-12,14H2,(H,24,25). The van der Waals surface area contributed by atoms with Crippen molar-refractivity contribution in [1.82, 2.24) is 9.88 Å². The number of amides is 1. The van der Waals surface area contributed by atoms with Crippen molar-refractivity contribution in [3.05, 3.63) is 48.2 Å². The molecule has 0 bridgehead atoms. The number of likely N-dealkylation sites (tertiary alicyclic amines) is 1. The number of rotatable bonds is 5. The summed E-state index contributed by atoms with van der Waals surface area (Å²) in [5.74, 6) is 1.09. The van der Waals surface area contributed by atoms with Gasteiger partial charge in [-0.25, -0.2) is 4.79 Å². The van der Waals surface area contributed by atoms with Crippen LogP contribution < -0.4 is 4.74 Å². The van der Waals surface area contributed by atoms with Gasteiger partial charge in [-0.2, -0.15) is 5.26 Å². The molecule has 1 N–H and O–H groups in total. The van der Waals surface area contributed by atoms with E-state index in [1.54, 1.807) is 6.20 Å². The second kappa shape index (κ2) is 8.34. The van der Waals surface area contributed by atoms with Crippen molar-refractivity contribution in [2.75, 3.05) is 19.7 Å². The highest BCUT2D eigenvalue weighted by molar-refractivity contribution is 5.65. The fourth-order valence-corrected chi connectivity index (χ4v) is 3.03. The Hall–Kier alpha value is -3.07. The summed E-state index contributed by atoms with van der Waals surface area (Å²) in [6.07, 6.45) is 2.93. The molecule has 1 aromatic carbocycles. The van der Waals surface area contributed by atoms with Crippen molar-refractivity contribution in [2.45, 2.75) is 19.3 Å². The Morgan fingerprint density at radius 3 is 2.54 bits per heavy atom. The van der Waals surface area contributed by atoms with E-state index >= 15 is 0 Å². The molecule has 0 unspecified atom stereocenters. The third kappa shape index (κ3) is 4.51. The van der Waals surface area contributed by atoms with Gasteiger partial charge in [0.1, 0.15) is 5.75 Å². The Labute approximate surface area is 152 Å². The maximum absolute atomic E-state index is 10.9. The topological polar surface area (TPSA) is 86.5 Å². The summed E-state index contributed by atoms with van der Waals surface area (Å²) in [4.78, 5) is 16.8. The van der Waals surface area contributed by atoms with Crippen LogP contribution >= 0.6 is 0 Å². The molecule has 0 saturated carbocycles. The van der Waals surface area contributed by atoms with E-state index in [4.69, 9.17) is 15.1 Å². The van der Waals surface area contributed by atoms with Crippen molar-refractivity contribution in [3.63, 3.8) is 0 Å². The molecule has 0 atom stereocenters. The second-order valence-corrected chi connectivity index (χ2v) is 6.43. The van der Waals surface area contributed by atoms with E-state index in [0.717, 1.165) is 35.4 Å². The van der Waals surface area contributed by atoms with E-state index < -0.39 is 6.09 Å². The predicted molar refractivity (Wildman–Crippen MR) is 96.8 cm³/mol. The highest BCUT2D eigenvalue weighted by Gasteiger charge is 2.22. The molecule has 6 nitrogen and oxygen atoms in total. The molecule has 0 radical (unpaired) electrons. The summed E-state index contributed by atoms with van der Waals surface area (Å²) in [6.45, 7) is 1.72. The summed E-state index contributed by atoms with van der Waals surface area (Å²) in [6, 6.07) is 13.8. The van der Waals surface area contributed by atoms with E-state index in [0.29, 0.717) is 32.0 Å². The lowest BCUT2D eigenvalue weighted by Gasteiger charge is -2.29. The Morgan fingerprint density at radius 1 is 1.23 bits per heavy atom. The van der Waals surface area contributed by atoms with Gasteiger partial charge in [0.2, 0.25) is 0 Å². The normalized spacial score (nSPS) is 14.7.